The van der Waals surface area contributed by atoms with E-state index in [0.717, 1.165) is 6.42 Å². The van der Waals surface area contributed by atoms with Crippen LogP contribution in [0.5, 0.6) is 0 Å². The molecule has 0 fully saturated rings. The third-order valence-electron chi connectivity index (χ3n) is 3.99. The van der Waals surface area contributed by atoms with Gasteiger partial charge in [-0.05, 0) is 25.2 Å². The summed E-state index contributed by atoms with van der Waals surface area (Å²) >= 11 is 0. The third-order valence-corrected chi connectivity index (χ3v) is 3.99. The van der Waals surface area contributed by atoms with Crippen LogP contribution in [0.15, 0.2) is 0 Å². The highest BCUT2D eigenvalue weighted by Crippen LogP contribution is 2.18. The molecule has 0 aromatic carbocycles. The van der Waals surface area contributed by atoms with Crippen LogP contribution in [0.2, 0.25) is 0 Å². The van der Waals surface area contributed by atoms with E-state index < -0.39 is 0 Å². The van der Waals surface area contributed by atoms with Gasteiger partial charge >= 0.3 is 0 Å². The molecule has 0 aliphatic carbocycles. The first-order chi connectivity index (χ1) is 9.35. The zero-order chi connectivity index (χ0) is 14.2. The van der Waals surface area contributed by atoms with E-state index in [2.05, 4.69) is 6.92 Å². The maximum absolute atomic E-state index is 9.36. The zero-order valence-corrected chi connectivity index (χ0v) is 13.1. The Hall–Kier alpha value is -0.0800. The molecule has 0 aliphatic rings. The minimum absolute atomic E-state index is 0.343. The van der Waals surface area contributed by atoms with Crippen molar-refractivity contribution < 1.29 is 10.2 Å². The second-order valence-corrected chi connectivity index (χ2v) is 5.89. The molecule has 0 heterocycles. The van der Waals surface area contributed by atoms with Crippen LogP contribution in [0.3, 0.4) is 0 Å². The van der Waals surface area contributed by atoms with Crippen molar-refractivity contribution in [1.29, 1.82) is 0 Å². The van der Waals surface area contributed by atoms with Crippen molar-refractivity contribution in [3.8, 4) is 0 Å². The van der Waals surface area contributed by atoms with E-state index in [0.29, 0.717) is 19.1 Å². The van der Waals surface area contributed by atoms with E-state index in [-0.39, 0.29) is 0 Å². The second kappa shape index (κ2) is 16.0. The molecule has 116 valence electrons. The molecule has 1 atom stereocenters. The van der Waals surface area contributed by atoms with Crippen LogP contribution in [-0.2, 0) is 0 Å². The summed E-state index contributed by atoms with van der Waals surface area (Å²) in [6, 6.07) is 0. The summed E-state index contributed by atoms with van der Waals surface area (Å²) in [5.41, 5.74) is 0. The quantitative estimate of drug-likeness (QED) is 0.425. The normalized spacial score (nSPS) is 12.8. The van der Waals surface area contributed by atoms with E-state index in [1.54, 1.807) is 0 Å². The van der Waals surface area contributed by atoms with Gasteiger partial charge in [-0.1, -0.05) is 71.1 Å². The molecule has 2 heteroatoms. The molecule has 0 rings (SSSR count). The van der Waals surface area contributed by atoms with E-state index in [4.69, 9.17) is 5.11 Å². The molecule has 0 aromatic rings. The number of aliphatic hydroxyl groups excluding tert-OH is 2. The average molecular weight is 272 g/mol. The molecular weight excluding hydrogens is 236 g/mol. The summed E-state index contributed by atoms with van der Waals surface area (Å²) in [5.74, 6) is 0.547. The molecule has 0 aliphatic heterocycles. The minimum atomic E-state index is 0.343. The Labute approximate surface area is 120 Å². The Balaban J connectivity index is 3.26. The zero-order valence-electron chi connectivity index (χ0n) is 13.1. The van der Waals surface area contributed by atoms with Crippen molar-refractivity contribution in [3.05, 3.63) is 0 Å². The second-order valence-electron chi connectivity index (χ2n) is 5.89. The van der Waals surface area contributed by atoms with Gasteiger partial charge < -0.3 is 10.2 Å². The van der Waals surface area contributed by atoms with E-state index >= 15 is 0 Å². The Bertz CT molecular complexity index is 159. The molecular formula is C17H36O2. The summed E-state index contributed by atoms with van der Waals surface area (Å²) in [4.78, 5) is 0. The van der Waals surface area contributed by atoms with Gasteiger partial charge in [-0.3, -0.25) is 0 Å². The molecule has 0 spiro atoms. The maximum Gasteiger partial charge on any atom is 0.0459 e. The maximum atomic E-state index is 9.36. The Morgan fingerprint density at radius 2 is 1.11 bits per heavy atom. The predicted molar refractivity (Wildman–Crippen MR) is 83.4 cm³/mol. The van der Waals surface area contributed by atoms with Gasteiger partial charge in [0.15, 0.2) is 0 Å². The monoisotopic (exact) mass is 272 g/mol. The summed E-state index contributed by atoms with van der Waals surface area (Å²) in [7, 11) is 0. The number of hydrogen-bond donors (Lipinski definition) is 2. The van der Waals surface area contributed by atoms with E-state index in [1.807, 2.05) is 0 Å². The van der Waals surface area contributed by atoms with Crippen molar-refractivity contribution in [2.75, 3.05) is 13.2 Å². The highest BCUT2D eigenvalue weighted by Gasteiger charge is 2.06. The molecule has 2 N–H and O–H groups in total. The van der Waals surface area contributed by atoms with Crippen LogP contribution in [0.1, 0.15) is 90.4 Å². The molecule has 1 unspecified atom stereocenters. The lowest BCUT2D eigenvalue weighted by Crippen LogP contribution is -2.06. The van der Waals surface area contributed by atoms with Crippen LogP contribution >= 0.6 is 0 Å². The first kappa shape index (κ1) is 18.9. The van der Waals surface area contributed by atoms with Gasteiger partial charge in [-0.25, -0.2) is 0 Å². The van der Waals surface area contributed by atoms with E-state index in [1.165, 1.54) is 77.0 Å². The van der Waals surface area contributed by atoms with Gasteiger partial charge in [0.1, 0.15) is 0 Å². The fourth-order valence-corrected chi connectivity index (χ4v) is 2.62. The molecule has 19 heavy (non-hydrogen) atoms. The van der Waals surface area contributed by atoms with Crippen LogP contribution in [0.4, 0.5) is 0 Å². The number of rotatable bonds is 15. The third kappa shape index (κ3) is 14.1. The number of aliphatic hydroxyl groups is 2. The largest absolute Gasteiger partial charge is 0.396 e. The average Bonchev–Trinajstić information content (AvgIpc) is 2.44. The molecule has 0 saturated heterocycles. The van der Waals surface area contributed by atoms with Crippen LogP contribution in [0.25, 0.3) is 0 Å². The van der Waals surface area contributed by atoms with Gasteiger partial charge in [-0.2, -0.15) is 0 Å². The summed E-state index contributed by atoms with van der Waals surface area (Å²) < 4.78 is 0. The smallest absolute Gasteiger partial charge is 0.0459 e. The highest BCUT2D eigenvalue weighted by molar-refractivity contribution is 4.59. The number of hydrogen-bond acceptors (Lipinski definition) is 2. The van der Waals surface area contributed by atoms with Crippen molar-refractivity contribution in [2.24, 2.45) is 5.92 Å². The molecule has 0 bridgehead atoms. The Morgan fingerprint density at radius 1 is 0.632 bits per heavy atom. The lowest BCUT2D eigenvalue weighted by Gasteiger charge is -2.13. The van der Waals surface area contributed by atoms with Crippen molar-refractivity contribution in [3.63, 3.8) is 0 Å². The first-order valence-corrected chi connectivity index (χ1v) is 8.56. The Morgan fingerprint density at radius 3 is 1.58 bits per heavy atom. The highest BCUT2D eigenvalue weighted by atomic mass is 16.3. The predicted octanol–water partition coefficient (Wildman–Crippen LogP) is 4.68. The topological polar surface area (TPSA) is 40.5 Å². The van der Waals surface area contributed by atoms with Crippen molar-refractivity contribution in [1.82, 2.24) is 0 Å². The molecule has 0 aromatic heterocycles. The van der Waals surface area contributed by atoms with Gasteiger partial charge in [0.05, 0.1) is 0 Å². The first-order valence-electron chi connectivity index (χ1n) is 8.56. The SMILES string of the molecule is CCCCCCC(CO)CCCCCCCCCO. The van der Waals surface area contributed by atoms with Crippen LogP contribution in [0, 0.1) is 5.92 Å². The Kier molecular flexibility index (Phi) is 15.9. The molecule has 0 radical (unpaired) electrons. The lowest BCUT2D eigenvalue weighted by atomic mass is 9.95. The van der Waals surface area contributed by atoms with E-state index in [9.17, 15) is 5.11 Å². The van der Waals surface area contributed by atoms with Gasteiger partial charge in [0, 0.05) is 13.2 Å². The summed E-state index contributed by atoms with van der Waals surface area (Å²) in [6.45, 7) is 2.96. The molecule has 0 saturated carbocycles. The summed E-state index contributed by atoms with van der Waals surface area (Å²) in [5, 5.41) is 18.0. The molecule has 2 nitrogen and oxygen atoms in total. The molecule has 0 amide bonds. The van der Waals surface area contributed by atoms with Crippen molar-refractivity contribution >= 4 is 0 Å². The summed E-state index contributed by atoms with van der Waals surface area (Å²) in [6.07, 6.45) is 16.3. The standard InChI is InChI=1S/C17H36O2/c1-2-3-4-10-13-17(16-19)14-11-8-6-5-7-9-12-15-18/h17-19H,2-16H2,1H3. The number of unbranched alkanes of at least 4 members (excludes halogenated alkanes) is 9. The van der Waals surface area contributed by atoms with Gasteiger partial charge in [0.25, 0.3) is 0 Å². The fraction of sp³-hybridized carbons (Fsp3) is 1.00. The van der Waals surface area contributed by atoms with Gasteiger partial charge in [0.2, 0.25) is 0 Å². The van der Waals surface area contributed by atoms with Gasteiger partial charge in [-0.15, -0.1) is 0 Å². The lowest BCUT2D eigenvalue weighted by molar-refractivity contribution is 0.204. The van der Waals surface area contributed by atoms with Crippen LogP contribution < -0.4 is 0 Å². The minimum Gasteiger partial charge on any atom is -0.396 e. The fourth-order valence-electron chi connectivity index (χ4n) is 2.62. The van der Waals surface area contributed by atoms with Crippen molar-refractivity contribution in [2.45, 2.75) is 90.4 Å². The van der Waals surface area contributed by atoms with Crippen LogP contribution in [-0.4, -0.2) is 23.4 Å².